The first-order valence-electron chi connectivity index (χ1n) is 6.67. The fraction of sp³-hybridized carbons (Fsp3) is 0.267. The first-order valence-corrected chi connectivity index (χ1v) is 7.87. The van der Waals surface area contributed by atoms with E-state index in [1.54, 1.807) is 13.1 Å². The van der Waals surface area contributed by atoms with Crippen LogP contribution in [-0.2, 0) is 22.6 Å². The summed E-state index contributed by atoms with van der Waals surface area (Å²) in [5.41, 5.74) is -0.147. The molecule has 0 unspecified atom stereocenters. The Balaban J connectivity index is 2.10. The third-order valence-corrected chi connectivity index (χ3v) is 4.37. The summed E-state index contributed by atoms with van der Waals surface area (Å²) in [6, 6.07) is 6.22. The number of ether oxygens (including phenoxy) is 1. The number of nitrogens with zero attached hydrogens (tertiary/aromatic N) is 2. The summed E-state index contributed by atoms with van der Waals surface area (Å²) in [5, 5.41) is 0. The van der Waals surface area contributed by atoms with E-state index in [1.165, 1.54) is 46.2 Å². The molecular weight excluding hydrogens is 340 g/mol. The molecule has 0 bridgehead atoms. The van der Waals surface area contributed by atoms with Gasteiger partial charge in [-0.1, -0.05) is 11.6 Å². The highest BCUT2D eigenvalue weighted by molar-refractivity contribution is 7.16. The predicted octanol–water partition coefficient (Wildman–Crippen LogP) is 2.01. The molecule has 8 heteroatoms. The zero-order valence-electron chi connectivity index (χ0n) is 12.6. The van der Waals surface area contributed by atoms with Crippen LogP contribution in [0.15, 0.2) is 35.3 Å². The molecule has 0 aromatic carbocycles. The van der Waals surface area contributed by atoms with E-state index in [0.29, 0.717) is 10.9 Å². The van der Waals surface area contributed by atoms with Crippen LogP contribution in [0.3, 0.4) is 0 Å². The number of halogens is 1. The normalized spacial score (nSPS) is 10.4. The van der Waals surface area contributed by atoms with Gasteiger partial charge in [0.15, 0.2) is 0 Å². The molecule has 0 spiro atoms. The maximum atomic E-state index is 12.2. The van der Waals surface area contributed by atoms with Crippen LogP contribution in [0.2, 0.25) is 4.34 Å². The molecule has 122 valence electrons. The topological polar surface area (TPSA) is 68.6 Å². The van der Waals surface area contributed by atoms with Crippen LogP contribution in [0, 0.1) is 0 Å². The summed E-state index contributed by atoms with van der Waals surface area (Å²) in [6.45, 7) is 0.251. The third-order valence-electron chi connectivity index (χ3n) is 3.16. The zero-order valence-corrected chi connectivity index (χ0v) is 14.2. The van der Waals surface area contributed by atoms with E-state index in [4.69, 9.17) is 11.6 Å². The summed E-state index contributed by atoms with van der Waals surface area (Å²) in [4.78, 5) is 38.0. The van der Waals surface area contributed by atoms with Gasteiger partial charge in [0.25, 0.3) is 5.56 Å². The number of pyridine rings is 1. The van der Waals surface area contributed by atoms with Crippen LogP contribution in [0.1, 0.15) is 15.2 Å². The number of carbonyl (C=O) groups excluding carboxylic acids is 2. The van der Waals surface area contributed by atoms with Gasteiger partial charge in [0.05, 0.1) is 23.6 Å². The minimum Gasteiger partial charge on any atom is -0.465 e. The maximum absolute atomic E-state index is 12.2. The summed E-state index contributed by atoms with van der Waals surface area (Å²) >= 11 is 7.25. The van der Waals surface area contributed by atoms with Crippen molar-refractivity contribution in [2.24, 2.45) is 0 Å². The molecule has 0 aliphatic carbocycles. The van der Waals surface area contributed by atoms with Gasteiger partial charge in [-0.2, -0.15) is 0 Å². The lowest BCUT2D eigenvalue weighted by Crippen LogP contribution is -2.33. The summed E-state index contributed by atoms with van der Waals surface area (Å²) in [6.07, 6.45) is 1.32. The number of likely N-dealkylation sites (N-methyl/N-ethyl adjacent to an activating group) is 1. The molecule has 0 N–H and O–H groups in total. The van der Waals surface area contributed by atoms with Crippen LogP contribution in [0.4, 0.5) is 0 Å². The Labute approximate surface area is 141 Å². The van der Waals surface area contributed by atoms with E-state index >= 15 is 0 Å². The number of carbonyl (C=O) groups is 2. The average Bonchev–Trinajstić information content (AvgIpc) is 2.93. The molecule has 0 atom stereocenters. The number of amides is 1. The van der Waals surface area contributed by atoms with Gasteiger partial charge in [0.1, 0.15) is 6.54 Å². The van der Waals surface area contributed by atoms with Crippen molar-refractivity contribution in [1.29, 1.82) is 0 Å². The number of hydrogen-bond donors (Lipinski definition) is 0. The molecule has 0 aliphatic rings. The van der Waals surface area contributed by atoms with Gasteiger partial charge in [0.2, 0.25) is 5.91 Å². The highest BCUT2D eigenvalue weighted by atomic mass is 35.5. The SMILES string of the molecule is COC(=O)c1ccc(=O)n(CC(=O)N(C)Cc2ccc(Cl)s2)c1. The Morgan fingerprint density at radius 3 is 2.65 bits per heavy atom. The van der Waals surface area contributed by atoms with E-state index in [0.717, 1.165) is 4.88 Å². The average molecular weight is 355 g/mol. The van der Waals surface area contributed by atoms with Gasteiger partial charge in [0, 0.05) is 24.2 Å². The Morgan fingerprint density at radius 1 is 1.30 bits per heavy atom. The quantitative estimate of drug-likeness (QED) is 0.770. The number of rotatable bonds is 5. The second kappa shape index (κ2) is 7.43. The summed E-state index contributed by atoms with van der Waals surface area (Å²) < 4.78 is 6.45. The van der Waals surface area contributed by atoms with Crippen molar-refractivity contribution < 1.29 is 14.3 Å². The van der Waals surface area contributed by atoms with Gasteiger partial charge < -0.3 is 14.2 Å². The lowest BCUT2D eigenvalue weighted by Gasteiger charge is -2.17. The van der Waals surface area contributed by atoms with Crippen molar-refractivity contribution in [2.45, 2.75) is 13.1 Å². The highest BCUT2D eigenvalue weighted by Crippen LogP contribution is 2.22. The molecule has 0 saturated carbocycles. The molecule has 2 aromatic rings. The summed E-state index contributed by atoms with van der Waals surface area (Å²) in [5.74, 6) is -0.814. The second-order valence-electron chi connectivity index (χ2n) is 4.83. The fourth-order valence-corrected chi connectivity index (χ4v) is 3.06. The Morgan fingerprint density at radius 2 is 2.04 bits per heavy atom. The molecule has 2 aromatic heterocycles. The maximum Gasteiger partial charge on any atom is 0.339 e. The smallest absolute Gasteiger partial charge is 0.339 e. The Hall–Kier alpha value is -2.12. The van der Waals surface area contributed by atoms with E-state index < -0.39 is 5.97 Å². The molecular formula is C15H15ClN2O4S. The van der Waals surface area contributed by atoms with E-state index in [-0.39, 0.29) is 23.6 Å². The lowest BCUT2D eigenvalue weighted by atomic mass is 10.3. The van der Waals surface area contributed by atoms with Crippen molar-refractivity contribution in [3.8, 4) is 0 Å². The molecule has 0 radical (unpaired) electrons. The van der Waals surface area contributed by atoms with Crippen LogP contribution in [0.25, 0.3) is 0 Å². The number of hydrogen-bond acceptors (Lipinski definition) is 5. The zero-order chi connectivity index (χ0) is 17.0. The number of thiophene rings is 1. The molecule has 0 saturated heterocycles. The van der Waals surface area contributed by atoms with E-state index in [1.807, 2.05) is 6.07 Å². The van der Waals surface area contributed by atoms with Crippen LogP contribution in [-0.4, -0.2) is 35.5 Å². The van der Waals surface area contributed by atoms with Gasteiger partial charge in [-0.05, 0) is 18.2 Å². The third kappa shape index (κ3) is 4.43. The van der Waals surface area contributed by atoms with Crippen molar-refractivity contribution in [3.63, 3.8) is 0 Å². The second-order valence-corrected chi connectivity index (χ2v) is 6.63. The molecule has 0 aliphatic heterocycles. The number of aromatic nitrogens is 1. The molecule has 23 heavy (non-hydrogen) atoms. The van der Waals surface area contributed by atoms with Gasteiger partial charge >= 0.3 is 5.97 Å². The first-order chi connectivity index (χ1) is 10.9. The van der Waals surface area contributed by atoms with Gasteiger partial charge in [-0.3, -0.25) is 9.59 Å². The largest absolute Gasteiger partial charge is 0.465 e. The monoisotopic (exact) mass is 354 g/mol. The molecule has 1 amide bonds. The minimum atomic E-state index is -0.562. The van der Waals surface area contributed by atoms with Gasteiger partial charge in [-0.15, -0.1) is 11.3 Å². The van der Waals surface area contributed by atoms with E-state index in [9.17, 15) is 14.4 Å². The van der Waals surface area contributed by atoms with Gasteiger partial charge in [-0.25, -0.2) is 4.79 Å². The molecule has 0 fully saturated rings. The Kier molecular flexibility index (Phi) is 5.57. The van der Waals surface area contributed by atoms with Crippen LogP contribution < -0.4 is 5.56 Å². The van der Waals surface area contributed by atoms with Crippen molar-refractivity contribution in [2.75, 3.05) is 14.2 Å². The molecule has 2 rings (SSSR count). The van der Waals surface area contributed by atoms with Crippen molar-refractivity contribution in [3.05, 3.63) is 55.6 Å². The molecule has 2 heterocycles. The first kappa shape index (κ1) is 17.2. The highest BCUT2D eigenvalue weighted by Gasteiger charge is 2.14. The fourth-order valence-electron chi connectivity index (χ4n) is 1.92. The standard InChI is InChI=1S/C15H15ClN2O4S/c1-17(8-11-4-5-12(16)23-11)14(20)9-18-7-10(15(21)22-2)3-6-13(18)19/h3-7H,8-9H2,1-2H3. The number of esters is 1. The number of methoxy groups -OCH3 is 1. The van der Waals surface area contributed by atoms with Crippen LogP contribution >= 0.6 is 22.9 Å². The van der Waals surface area contributed by atoms with Crippen LogP contribution in [0.5, 0.6) is 0 Å². The van der Waals surface area contributed by atoms with Crippen molar-refractivity contribution in [1.82, 2.24) is 9.47 Å². The lowest BCUT2D eigenvalue weighted by molar-refractivity contribution is -0.131. The van der Waals surface area contributed by atoms with E-state index in [2.05, 4.69) is 4.74 Å². The van der Waals surface area contributed by atoms with Crippen molar-refractivity contribution >= 4 is 34.8 Å². The summed E-state index contributed by atoms with van der Waals surface area (Å²) in [7, 11) is 2.90. The Bertz CT molecular complexity index is 784. The molecule has 6 nitrogen and oxygen atoms in total. The predicted molar refractivity (Wildman–Crippen MR) is 87.8 cm³/mol. The minimum absolute atomic E-state index is 0.153.